The quantitative estimate of drug-likeness (QED) is 0.0281. The maximum atomic E-state index is 16.8. The number of thiazole rings is 2. The highest BCUT2D eigenvalue weighted by Crippen LogP contribution is 2.53. The van der Waals surface area contributed by atoms with Gasteiger partial charge in [0, 0.05) is 81.6 Å². The van der Waals surface area contributed by atoms with Crippen LogP contribution in [0.1, 0.15) is 311 Å². The minimum atomic E-state index is -0.0480. The monoisotopic (exact) mass is 1660 g/mol. The predicted molar refractivity (Wildman–Crippen MR) is 507 cm³/mol. The molecule has 8 heterocycles. The Morgan fingerprint density at radius 1 is 0.353 bits per heavy atom. The van der Waals surface area contributed by atoms with E-state index in [4.69, 9.17) is 9.97 Å². The van der Waals surface area contributed by atoms with Crippen LogP contribution in [-0.4, -0.2) is 44.7 Å². The van der Waals surface area contributed by atoms with E-state index in [0.29, 0.717) is 30.2 Å². The molecule has 0 saturated heterocycles. The molecular formula is C104H128N4O2S6. The van der Waals surface area contributed by atoms with E-state index in [1.165, 1.54) is 284 Å². The van der Waals surface area contributed by atoms with Gasteiger partial charge in [0.2, 0.25) is 0 Å². The number of allylic oxidation sites excluding steroid dienone is 5. The van der Waals surface area contributed by atoms with Crippen LogP contribution in [0.3, 0.4) is 0 Å². The fraction of sp³-hybridized carbons (Fsp3) is 0.481. The second kappa shape index (κ2) is 44.4. The van der Waals surface area contributed by atoms with E-state index >= 15 is 9.59 Å². The Labute approximate surface area is 719 Å². The molecule has 4 aliphatic rings. The van der Waals surface area contributed by atoms with Gasteiger partial charge in [-0.15, -0.1) is 68.0 Å². The van der Waals surface area contributed by atoms with Crippen LogP contribution in [0.4, 0.5) is 0 Å². The number of carbonyl (C=O) groups is 2. The SMILES string of the molecule is CCCCCCCCCCCCC(CCCCCCCCCC)CN1C(=O)C2=C(c3ncc(-c4ccc(-c5ccc(-c6c7ccccc7cc7ccccc67)s5)s4)s3)N(CC(CCCCCCCCCC)CCCCCCCCCCCC)C(=O)C2=C1c1ncc(-c2ccc(-c3ccc(C4=C5C=CC=CC5Cc5ccccc54)s3)s2)s1. The lowest BCUT2D eigenvalue weighted by Gasteiger charge is -2.29. The first-order valence-corrected chi connectivity index (χ1v) is 50.7. The maximum Gasteiger partial charge on any atom is 0.261 e. The number of unbranched alkanes of at least 4 members (excludes halogenated alkanes) is 32. The van der Waals surface area contributed by atoms with Gasteiger partial charge in [-0.1, -0.05) is 356 Å². The number of amides is 2. The zero-order chi connectivity index (χ0) is 79.6. The van der Waals surface area contributed by atoms with Gasteiger partial charge < -0.3 is 9.80 Å². The van der Waals surface area contributed by atoms with Crippen LogP contribution in [0, 0.1) is 17.8 Å². The average molecular weight is 1660 g/mol. The third kappa shape index (κ3) is 21.8. The van der Waals surface area contributed by atoms with Crippen LogP contribution in [0.5, 0.6) is 0 Å². The standard InChI is InChI=1S/C104H128N4O2S6/c1-5-9-13-17-21-25-27-31-35-39-51-75(49-37-33-29-23-19-15-11-7-3)73-107-99(101-105-71-93(115-101)89-63-61-85(111-89)87-65-67-91(113-87)95-81-57-45-41-53-77(81)69-78-54-42-46-58-82(78)95)97-98(103(107)109)100(108(104(97)110)74-76(50-38-34-30-24-20-16-12-8-4)52-40-36-32-28-26-22-18-14-10-6-2)102-106-72-94(116-102)90-64-62-86(112-90)88-66-68-92(114-88)96-83-59-47-43-55-79(83)70-80-56-44-48-60-84(80)96/h41-48,53-69,71-72,75-76,79H,5-40,49-52,70,73-74H2,1-4H3. The Morgan fingerprint density at radius 3 is 1.12 bits per heavy atom. The molecule has 3 atom stereocenters. The van der Waals surface area contributed by atoms with Crippen molar-refractivity contribution < 1.29 is 9.59 Å². The second-order valence-corrected chi connectivity index (χ2v) is 40.3. The van der Waals surface area contributed by atoms with Crippen LogP contribution in [0.25, 0.3) is 88.0 Å². The van der Waals surface area contributed by atoms with Crippen molar-refractivity contribution in [2.75, 3.05) is 13.1 Å². The predicted octanol–water partition coefficient (Wildman–Crippen LogP) is 33.3. The summed E-state index contributed by atoms with van der Waals surface area (Å²) in [6, 6.07) is 47.3. The highest BCUT2D eigenvalue weighted by molar-refractivity contribution is 7.28. The maximum absolute atomic E-state index is 16.8. The summed E-state index contributed by atoms with van der Waals surface area (Å²) in [5.74, 6) is 0.844. The van der Waals surface area contributed by atoms with Crippen molar-refractivity contribution in [3.8, 4) is 49.5 Å². The first-order chi connectivity index (χ1) is 57.3. The molecule has 6 aromatic heterocycles. The average Bonchev–Trinajstić information content (AvgIpc) is 1.55. The summed E-state index contributed by atoms with van der Waals surface area (Å²) in [5, 5.41) is 6.57. The molecule has 4 aromatic carbocycles. The van der Waals surface area contributed by atoms with E-state index in [-0.39, 0.29) is 23.7 Å². The summed E-state index contributed by atoms with van der Waals surface area (Å²) in [4.78, 5) is 60.6. The van der Waals surface area contributed by atoms with E-state index in [1.54, 1.807) is 22.7 Å². The van der Waals surface area contributed by atoms with Crippen molar-refractivity contribution in [3.63, 3.8) is 0 Å². The minimum Gasteiger partial charge on any atom is -0.304 e. The Hall–Kier alpha value is -6.90. The number of rotatable bonds is 52. The number of carbonyl (C=O) groups excluding carboxylic acids is 2. The Kier molecular flexibility index (Phi) is 32.7. The molecule has 0 N–H and O–H groups in total. The number of nitrogens with zero attached hydrogens (tertiary/aromatic N) is 4. The molecule has 12 heteroatoms. The normalized spacial score (nSPS) is 15.3. The molecule has 0 radical (unpaired) electrons. The lowest BCUT2D eigenvalue weighted by atomic mass is 9.76. The molecule has 0 spiro atoms. The Balaban J connectivity index is 0.817. The lowest BCUT2D eigenvalue weighted by molar-refractivity contribution is -0.124. The lowest BCUT2D eigenvalue weighted by Crippen LogP contribution is -2.35. The molecule has 116 heavy (non-hydrogen) atoms. The van der Waals surface area contributed by atoms with Gasteiger partial charge in [0.15, 0.2) is 0 Å². The van der Waals surface area contributed by atoms with Gasteiger partial charge in [0.1, 0.15) is 10.0 Å². The molecule has 0 bridgehead atoms. The highest BCUT2D eigenvalue weighted by Gasteiger charge is 2.51. The first-order valence-electron chi connectivity index (χ1n) is 45.8. The van der Waals surface area contributed by atoms with Gasteiger partial charge in [0.25, 0.3) is 11.8 Å². The van der Waals surface area contributed by atoms with Crippen molar-refractivity contribution >= 4 is 118 Å². The third-order valence-corrected chi connectivity index (χ3v) is 32.3. The molecular weight excluding hydrogens is 1530 g/mol. The number of benzene rings is 4. The van der Waals surface area contributed by atoms with Crippen molar-refractivity contribution in [1.82, 2.24) is 19.8 Å². The largest absolute Gasteiger partial charge is 0.304 e. The molecule has 2 amide bonds. The summed E-state index contributed by atoms with van der Waals surface area (Å²) in [6.45, 7) is 10.4. The van der Waals surface area contributed by atoms with Crippen LogP contribution in [0.2, 0.25) is 0 Å². The number of fused-ring (bicyclic) bond motifs is 5. The van der Waals surface area contributed by atoms with E-state index in [2.05, 4.69) is 189 Å². The zero-order valence-corrected chi connectivity index (χ0v) is 75.2. The van der Waals surface area contributed by atoms with Crippen molar-refractivity contribution in [1.29, 1.82) is 0 Å². The summed E-state index contributed by atoms with van der Waals surface area (Å²) in [6.07, 6.45) is 64.7. The number of hydrogen-bond acceptors (Lipinski definition) is 10. The van der Waals surface area contributed by atoms with E-state index in [9.17, 15) is 0 Å². The summed E-state index contributed by atoms with van der Waals surface area (Å²) in [7, 11) is 0. The van der Waals surface area contributed by atoms with Crippen LogP contribution in [-0.2, 0) is 16.0 Å². The van der Waals surface area contributed by atoms with E-state index < -0.39 is 0 Å². The topological polar surface area (TPSA) is 66.4 Å². The van der Waals surface area contributed by atoms with Gasteiger partial charge in [-0.25, -0.2) is 9.97 Å². The third-order valence-electron chi connectivity index (χ3n) is 25.1. The molecule has 2 aliphatic carbocycles. The molecule has 3 unspecified atom stereocenters. The minimum absolute atomic E-state index is 0.0480. The van der Waals surface area contributed by atoms with Crippen molar-refractivity contribution in [3.05, 3.63) is 207 Å². The van der Waals surface area contributed by atoms with Gasteiger partial charge in [-0.05, 0) is 137 Å². The van der Waals surface area contributed by atoms with Gasteiger partial charge in [-0.3, -0.25) is 9.59 Å². The smallest absolute Gasteiger partial charge is 0.261 e. The molecule has 612 valence electrons. The molecule has 6 nitrogen and oxygen atoms in total. The summed E-state index contributed by atoms with van der Waals surface area (Å²) < 4.78 is 0. The Bertz CT molecular complexity index is 4920. The molecule has 10 aromatic rings. The molecule has 14 rings (SSSR count). The fourth-order valence-electron chi connectivity index (χ4n) is 18.7. The number of aromatic nitrogens is 2. The summed E-state index contributed by atoms with van der Waals surface area (Å²) in [5.41, 5.74) is 9.37. The highest BCUT2D eigenvalue weighted by atomic mass is 32.1. The fourth-order valence-corrected chi connectivity index (χ4v) is 25.1. The molecule has 2 aliphatic heterocycles. The van der Waals surface area contributed by atoms with Crippen LogP contribution in [0.15, 0.2) is 181 Å². The van der Waals surface area contributed by atoms with Crippen molar-refractivity contribution in [2.45, 2.75) is 291 Å². The number of thiophene rings is 4. The molecule has 0 fully saturated rings. The van der Waals surface area contributed by atoms with Gasteiger partial charge in [-0.2, -0.15) is 0 Å². The van der Waals surface area contributed by atoms with Crippen molar-refractivity contribution in [2.24, 2.45) is 17.8 Å². The van der Waals surface area contributed by atoms with Crippen LogP contribution >= 0.6 is 68.0 Å². The molecule has 0 saturated carbocycles. The van der Waals surface area contributed by atoms with Gasteiger partial charge in [0.05, 0.1) is 32.3 Å². The summed E-state index contributed by atoms with van der Waals surface area (Å²) >= 11 is 10.7. The second-order valence-electron chi connectivity index (χ2n) is 33.9. The van der Waals surface area contributed by atoms with Gasteiger partial charge >= 0.3 is 0 Å². The van der Waals surface area contributed by atoms with Crippen LogP contribution < -0.4 is 0 Å². The zero-order valence-electron chi connectivity index (χ0n) is 70.3. The van der Waals surface area contributed by atoms with E-state index in [0.717, 1.165) is 98.7 Å². The van der Waals surface area contributed by atoms with E-state index in [1.807, 2.05) is 57.7 Å². The number of hydrogen-bond donors (Lipinski definition) is 0. The Morgan fingerprint density at radius 2 is 0.698 bits per heavy atom. The first kappa shape index (κ1) is 85.5.